The molecule has 0 radical (unpaired) electrons. The molecule has 0 saturated heterocycles. The van der Waals surface area contributed by atoms with Crippen molar-refractivity contribution in [1.29, 1.82) is 0 Å². The SMILES string of the molecule is CC(=O)/C(=C\c1cccc2c1OCO2)C(=O)OCCN(C)Cc1cccs1. The Morgan fingerprint density at radius 3 is 2.85 bits per heavy atom. The number of ketones is 1. The minimum atomic E-state index is -0.636. The summed E-state index contributed by atoms with van der Waals surface area (Å²) >= 11 is 1.69. The Labute approximate surface area is 162 Å². The summed E-state index contributed by atoms with van der Waals surface area (Å²) in [4.78, 5) is 27.6. The third kappa shape index (κ3) is 4.96. The Balaban J connectivity index is 1.61. The molecule has 1 aromatic heterocycles. The van der Waals surface area contributed by atoms with Crippen LogP contribution in [-0.2, 0) is 20.9 Å². The number of fused-ring (bicyclic) bond motifs is 1. The van der Waals surface area contributed by atoms with Crippen LogP contribution in [0.3, 0.4) is 0 Å². The van der Waals surface area contributed by atoms with Crippen molar-refractivity contribution in [3.8, 4) is 11.5 Å². The highest BCUT2D eigenvalue weighted by molar-refractivity contribution is 7.09. The predicted octanol–water partition coefficient (Wildman–Crippen LogP) is 3.12. The van der Waals surface area contributed by atoms with E-state index in [2.05, 4.69) is 11.0 Å². The number of nitrogens with zero attached hydrogens (tertiary/aromatic N) is 1. The van der Waals surface area contributed by atoms with Gasteiger partial charge in [0.05, 0.1) is 0 Å². The Morgan fingerprint density at radius 2 is 2.11 bits per heavy atom. The molecule has 3 rings (SSSR count). The average Bonchev–Trinajstić information content (AvgIpc) is 3.30. The molecule has 6 nitrogen and oxygen atoms in total. The number of Topliss-reactive ketones (excluding diaryl/α,β-unsaturated/α-hetero) is 1. The number of hydrogen-bond donors (Lipinski definition) is 0. The molecular weight excluding hydrogens is 366 g/mol. The number of ether oxygens (including phenoxy) is 3. The second-order valence-corrected chi connectivity index (χ2v) is 7.18. The molecule has 0 spiro atoms. The van der Waals surface area contributed by atoms with Crippen LogP contribution in [0.2, 0.25) is 0 Å². The number of carbonyl (C=O) groups excluding carboxylic acids is 2. The number of hydrogen-bond acceptors (Lipinski definition) is 7. The van der Waals surface area contributed by atoms with Gasteiger partial charge in [-0.1, -0.05) is 18.2 Å². The molecule has 2 aromatic rings. The van der Waals surface area contributed by atoms with E-state index in [0.717, 1.165) is 6.54 Å². The van der Waals surface area contributed by atoms with Gasteiger partial charge >= 0.3 is 5.97 Å². The fourth-order valence-corrected chi connectivity index (χ4v) is 3.43. The fourth-order valence-electron chi connectivity index (χ4n) is 2.65. The van der Waals surface area contributed by atoms with E-state index in [1.54, 1.807) is 29.5 Å². The second-order valence-electron chi connectivity index (χ2n) is 6.15. The molecule has 0 atom stereocenters. The van der Waals surface area contributed by atoms with Gasteiger partial charge in [-0.15, -0.1) is 11.3 Å². The lowest BCUT2D eigenvalue weighted by atomic mass is 10.1. The van der Waals surface area contributed by atoms with E-state index in [4.69, 9.17) is 14.2 Å². The molecule has 1 aliphatic heterocycles. The van der Waals surface area contributed by atoms with Crippen LogP contribution in [0.1, 0.15) is 17.4 Å². The summed E-state index contributed by atoms with van der Waals surface area (Å²) in [6.07, 6.45) is 1.49. The van der Waals surface area contributed by atoms with E-state index in [0.29, 0.717) is 23.6 Å². The van der Waals surface area contributed by atoms with Crippen molar-refractivity contribution in [3.05, 3.63) is 51.7 Å². The van der Waals surface area contributed by atoms with Crippen LogP contribution in [0.15, 0.2) is 41.3 Å². The van der Waals surface area contributed by atoms with Crippen LogP contribution < -0.4 is 9.47 Å². The number of benzene rings is 1. The Morgan fingerprint density at radius 1 is 1.26 bits per heavy atom. The first-order valence-electron chi connectivity index (χ1n) is 8.54. The first-order valence-corrected chi connectivity index (χ1v) is 9.42. The van der Waals surface area contributed by atoms with Crippen molar-refractivity contribution in [2.75, 3.05) is 27.0 Å². The third-order valence-electron chi connectivity index (χ3n) is 4.04. The van der Waals surface area contributed by atoms with Crippen LogP contribution in [0.5, 0.6) is 11.5 Å². The quantitative estimate of drug-likeness (QED) is 0.300. The summed E-state index contributed by atoms with van der Waals surface area (Å²) in [5, 5.41) is 2.03. The van der Waals surface area contributed by atoms with Gasteiger partial charge in [-0.3, -0.25) is 9.69 Å². The molecule has 1 aliphatic rings. The van der Waals surface area contributed by atoms with Gasteiger partial charge in [0.15, 0.2) is 17.3 Å². The molecule has 0 aliphatic carbocycles. The summed E-state index contributed by atoms with van der Waals surface area (Å²) in [5.74, 6) is 0.127. The molecule has 0 bridgehead atoms. The number of para-hydroxylation sites is 1. The highest BCUT2D eigenvalue weighted by atomic mass is 32.1. The van der Waals surface area contributed by atoms with Crippen molar-refractivity contribution in [2.24, 2.45) is 0 Å². The number of likely N-dealkylation sites (N-methyl/N-ethyl adjacent to an activating group) is 1. The van der Waals surface area contributed by atoms with Crippen molar-refractivity contribution in [2.45, 2.75) is 13.5 Å². The molecule has 0 N–H and O–H groups in total. The summed E-state index contributed by atoms with van der Waals surface area (Å²) in [6.45, 7) is 3.04. The number of thiophene rings is 1. The topological polar surface area (TPSA) is 65.1 Å². The zero-order chi connectivity index (χ0) is 19.2. The standard InChI is InChI=1S/C20H21NO5S/c1-14(22)17(11-15-5-3-7-18-19(15)26-13-25-18)20(23)24-9-8-21(2)12-16-6-4-10-27-16/h3-7,10-11H,8-9,12-13H2,1-2H3/b17-11+. The molecule has 2 heterocycles. The maximum atomic E-state index is 12.4. The molecular formula is C20H21NO5S. The monoisotopic (exact) mass is 387 g/mol. The first-order chi connectivity index (χ1) is 13.0. The minimum absolute atomic E-state index is 0.0141. The third-order valence-corrected chi connectivity index (χ3v) is 4.90. The predicted molar refractivity (Wildman–Crippen MR) is 103 cm³/mol. The highest BCUT2D eigenvalue weighted by Gasteiger charge is 2.21. The Kier molecular flexibility index (Phi) is 6.26. The molecule has 0 saturated carbocycles. The van der Waals surface area contributed by atoms with Crippen LogP contribution in [-0.4, -0.2) is 43.6 Å². The largest absolute Gasteiger partial charge is 0.461 e. The maximum Gasteiger partial charge on any atom is 0.341 e. The molecule has 7 heteroatoms. The molecule has 0 unspecified atom stereocenters. The van der Waals surface area contributed by atoms with Gasteiger partial charge in [-0.05, 0) is 37.6 Å². The number of carbonyl (C=O) groups is 2. The van der Waals surface area contributed by atoms with E-state index >= 15 is 0 Å². The average molecular weight is 387 g/mol. The van der Waals surface area contributed by atoms with E-state index in [-0.39, 0.29) is 24.8 Å². The van der Waals surface area contributed by atoms with E-state index in [1.807, 2.05) is 18.5 Å². The van der Waals surface area contributed by atoms with Gasteiger partial charge < -0.3 is 14.2 Å². The van der Waals surface area contributed by atoms with Crippen molar-refractivity contribution in [1.82, 2.24) is 4.90 Å². The van der Waals surface area contributed by atoms with Crippen LogP contribution in [0, 0.1) is 0 Å². The number of esters is 1. The Bertz CT molecular complexity index is 844. The molecule has 142 valence electrons. The summed E-state index contributed by atoms with van der Waals surface area (Å²) in [6, 6.07) is 9.39. The zero-order valence-electron chi connectivity index (χ0n) is 15.3. The van der Waals surface area contributed by atoms with Gasteiger partial charge in [0.25, 0.3) is 0 Å². The Hall–Kier alpha value is -2.64. The van der Waals surface area contributed by atoms with Gasteiger partial charge in [-0.25, -0.2) is 4.79 Å². The van der Waals surface area contributed by atoms with E-state index in [1.165, 1.54) is 17.9 Å². The number of rotatable bonds is 8. The summed E-state index contributed by atoms with van der Waals surface area (Å²) < 4.78 is 16.0. The van der Waals surface area contributed by atoms with Crippen molar-refractivity contribution >= 4 is 29.2 Å². The molecule has 0 amide bonds. The van der Waals surface area contributed by atoms with Crippen LogP contribution in [0.4, 0.5) is 0 Å². The fraction of sp³-hybridized carbons (Fsp3) is 0.300. The highest BCUT2D eigenvalue weighted by Crippen LogP contribution is 2.36. The van der Waals surface area contributed by atoms with Gasteiger partial charge in [0, 0.05) is 23.5 Å². The summed E-state index contributed by atoms with van der Waals surface area (Å²) in [7, 11) is 1.96. The van der Waals surface area contributed by atoms with Crippen molar-refractivity contribution in [3.63, 3.8) is 0 Å². The second kappa shape index (κ2) is 8.83. The molecule has 0 fully saturated rings. The molecule has 1 aromatic carbocycles. The van der Waals surface area contributed by atoms with E-state index < -0.39 is 5.97 Å². The minimum Gasteiger partial charge on any atom is -0.461 e. The lowest BCUT2D eigenvalue weighted by Crippen LogP contribution is -2.24. The van der Waals surface area contributed by atoms with Gasteiger partial charge in [0.1, 0.15) is 12.2 Å². The van der Waals surface area contributed by atoms with E-state index in [9.17, 15) is 9.59 Å². The lowest BCUT2D eigenvalue weighted by molar-refractivity contribution is -0.140. The maximum absolute atomic E-state index is 12.4. The van der Waals surface area contributed by atoms with Gasteiger partial charge in [-0.2, -0.15) is 0 Å². The van der Waals surface area contributed by atoms with Crippen LogP contribution >= 0.6 is 11.3 Å². The lowest BCUT2D eigenvalue weighted by Gasteiger charge is -2.15. The van der Waals surface area contributed by atoms with Crippen molar-refractivity contribution < 1.29 is 23.8 Å². The zero-order valence-corrected chi connectivity index (χ0v) is 16.1. The first kappa shape index (κ1) is 19.1. The van der Waals surface area contributed by atoms with Gasteiger partial charge in [0.2, 0.25) is 6.79 Å². The smallest absolute Gasteiger partial charge is 0.341 e. The molecule has 27 heavy (non-hydrogen) atoms. The normalized spacial score (nSPS) is 13.1. The van der Waals surface area contributed by atoms with Crippen LogP contribution in [0.25, 0.3) is 6.08 Å². The summed E-state index contributed by atoms with van der Waals surface area (Å²) in [5.41, 5.74) is 0.599.